The van der Waals surface area contributed by atoms with E-state index in [1.165, 1.54) is 62.8 Å². The van der Waals surface area contributed by atoms with Gasteiger partial charge in [-0.1, -0.05) is 63.5 Å². The molecule has 38 heavy (non-hydrogen) atoms. The standard InChI is InChI=1S/C31H38N6.Pt/c1-31(2,27-13-7-15-29(34-27)36-25(17-19-32-36)21-23-9-3-4-10-23)28-14-8-16-30(35-28)37-26(18-20-33-37)22-24-11-5-6-12-24;/h7-8,13-20,23-24H,3-6,9-12,21-22H2,1-2H3;. The third-order valence-electron chi connectivity index (χ3n) is 8.57. The van der Waals surface area contributed by atoms with Crippen LogP contribution >= 0.6 is 0 Å². The second-order valence-electron chi connectivity index (χ2n) is 11.6. The molecule has 2 fully saturated rings. The Kier molecular flexibility index (Phi) is 8.28. The first kappa shape index (κ1) is 27.0. The van der Waals surface area contributed by atoms with Crippen molar-refractivity contribution in [2.24, 2.45) is 11.8 Å². The van der Waals surface area contributed by atoms with Crippen LogP contribution in [-0.4, -0.2) is 29.5 Å². The molecule has 6 rings (SSSR count). The van der Waals surface area contributed by atoms with Crippen LogP contribution in [0.3, 0.4) is 0 Å². The van der Waals surface area contributed by atoms with E-state index in [0.29, 0.717) is 0 Å². The topological polar surface area (TPSA) is 61.4 Å². The van der Waals surface area contributed by atoms with Crippen LogP contribution in [0, 0.1) is 11.8 Å². The molecule has 0 atom stereocenters. The molecule has 4 aromatic heterocycles. The van der Waals surface area contributed by atoms with Gasteiger partial charge in [-0.15, -0.1) is 0 Å². The number of hydrogen-bond donors (Lipinski definition) is 0. The van der Waals surface area contributed by atoms with E-state index in [4.69, 9.17) is 9.97 Å². The Morgan fingerprint density at radius 2 is 1.08 bits per heavy atom. The van der Waals surface area contributed by atoms with Crippen LogP contribution < -0.4 is 0 Å². The van der Waals surface area contributed by atoms with Gasteiger partial charge in [0.05, 0.1) is 11.4 Å². The number of hydrogen-bond acceptors (Lipinski definition) is 4. The predicted molar refractivity (Wildman–Crippen MR) is 146 cm³/mol. The molecule has 202 valence electrons. The maximum Gasteiger partial charge on any atom is 0.153 e. The first-order chi connectivity index (χ1) is 18.1. The van der Waals surface area contributed by atoms with Crippen LogP contribution in [0.15, 0.2) is 60.9 Å². The second kappa shape index (κ2) is 11.7. The number of aromatic nitrogens is 6. The summed E-state index contributed by atoms with van der Waals surface area (Å²) >= 11 is 0. The van der Waals surface area contributed by atoms with Crippen molar-refractivity contribution in [2.45, 2.75) is 83.5 Å². The number of pyridine rings is 2. The van der Waals surface area contributed by atoms with Crippen molar-refractivity contribution >= 4 is 0 Å². The van der Waals surface area contributed by atoms with E-state index < -0.39 is 0 Å². The maximum atomic E-state index is 5.11. The minimum absolute atomic E-state index is 0. The monoisotopic (exact) mass is 689 g/mol. The van der Waals surface area contributed by atoms with E-state index in [9.17, 15) is 0 Å². The van der Waals surface area contributed by atoms with Gasteiger partial charge in [-0.2, -0.15) is 10.2 Å². The predicted octanol–water partition coefficient (Wildman–Crippen LogP) is 6.64. The Bertz CT molecular complexity index is 1240. The van der Waals surface area contributed by atoms with Gasteiger partial charge in [0.1, 0.15) is 0 Å². The summed E-state index contributed by atoms with van der Waals surface area (Å²) in [5.74, 6) is 3.29. The first-order valence-electron chi connectivity index (χ1n) is 14.1. The van der Waals surface area contributed by atoms with Gasteiger partial charge in [-0.3, -0.25) is 0 Å². The zero-order valence-electron chi connectivity index (χ0n) is 22.5. The van der Waals surface area contributed by atoms with Crippen LogP contribution in [0.5, 0.6) is 0 Å². The van der Waals surface area contributed by atoms with Crippen LogP contribution in [-0.2, 0) is 39.3 Å². The van der Waals surface area contributed by atoms with Gasteiger partial charge < -0.3 is 0 Å². The molecule has 4 aromatic rings. The molecule has 0 amide bonds. The zero-order chi connectivity index (χ0) is 25.2. The molecule has 0 bridgehead atoms. The molecule has 7 heteroatoms. The zero-order valence-corrected chi connectivity index (χ0v) is 24.8. The summed E-state index contributed by atoms with van der Waals surface area (Å²) < 4.78 is 4.06. The molecule has 0 radical (unpaired) electrons. The van der Waals surface area contributed by atoms with Gasteiger partial charge in [0.15, 0.2) is 11.6 Å². The Morgan fingerprint density at radius 1 is 0.658 bits per heavy atom. The van der Waals surface area contributed by atoms with E-state index in [-0.39, 0.29) is 26.5 Å². The SMILES string of the molecule is CC(C)(c1cccc(-n2nccc2CC2CCCC2)n1)c1cccc(-n2nccc2CC2CCCC2)n1.[Pt]. The summed E-state index contributed by atoms with van der Waals surface area (Å²) in [6, 6.07) is 16.8. The van der Waals surface area contributed by atoms with Gasteiger partial charge in [0.2, 0.25) is 0 Å². The van der Waals surface area contributed by atoms with Crippen molar-refractivity contribution < 1.29 is 21.1 Å². The minimum Gasteiger partial charge on any atom is -0.233 e. The summed E-state index contributed by atoms with van der Waals surface area (Å²) in [7, 11) is 0. The molecule has 2 saturated carbocycles. The third kappa shape index (κ3) is 5.56. The summed E-state index contributed by atoms with van der Waals surface area (Å²) in [6.07, 6.45) is 16.7. The van der Waals surface area contributed by atoms with Gasteiger partial charge in [0, 0.05) is 50.3 Å². The molecule has 2 aliphatic rings. The van der Waals surface area contributed by atoms with Crippen LogP contribution in [0.25, 0.3) is 11.6 Å². The van der Waals surface area contributed by atoms with E-state index in [1.807, 2.05) is 21.8 Å². The van der Waals surface area contributed by atoms with E-state index >= 15 is 0 Å². The summed E-state index contributed by atoms with van der Waals surface area (Å²) in [6.45, 7) is 4.41. The summed E-state index contributed by atoms with van der Waals surface area (Å²) in [5, 5.41) is 9.30. The quantitative estimate of drug-likeness (QED) is 0.208. The minimum atomic E-state index is -0.371. The van der Waals surface area contributed by atoms with E-state index in [1.54, 1.807) is 0 Å². The van der Waals surface area contributed by atoms with Crippen LogP contribution in [0.4, 0.5) is 0 Å². The van der Waals surface area contributed by atoms with E-state index in [2.05, 4.69) is 72.6 Å². The van der Waals surface area contributed by atoms with Gasteiger partial charge in [-0.05, 0) is 74.9 Å². The Morgan fingerprint density at radius 3 is 1.50 bits per heavy atom. The van der Waals surface area contributed by atoms with Gasteiger partial charge in [-0.25, -0.2) is 19.3 Å². The van der Waals surface area contributed by atoms with Crippen LogP contribution in [0.2, 0.25) is 0 Å². The normalized spacial score (nSPS) is 16.7. The van der Waals surface area contributed by atoms with Crippen molar-refractivity contribution in [3.05, 3.63) is 83.7 Å². The second-order valence-corrected chi connectivity index (χ2v) is 11.6. The Hall–Kier alpha value is -2.59. The smallest absolute Gasteiger partial charge is 0.153 e. The largest absolute Gasteiger partial charge is 0.233 e. The van der Waals surface area contributed by atoms with Crippen molar-refractivity contribution in [3.63, 3.8) is 0 Å². The Balaban J connectivity index is 0.00000294. The molecule has 0 spiro atoms. The molecule has 2 aliphatic carbocycles. The Labute approximate surface area is 240 Å². The molecule has 0 aromatic carbocycles. The molecule has 0 saturated heterocycles. The fourth-order valence-corrected chi connectivity index (χ4v) is 6.31. The third-order valence-corrected chi connectivity index (χ3v) is 8.57. The first-order valence-corrected chi connectivity index (χ1v) is 14.1. The molecular weight excluding hydrogens is 651 g/mol. The molecule has 0 aliphatic heterocycles. The van der Waals surface area contributed by atoms with Crippen molar-refractivity contribution in [2.75, 3.05) is 0 Å². The van der Waals surface area contributed by atoms with Crippen molar-refractivity contribution in [1.82, 2.24) is 29.5 Å². The fourth-order valence-electron chi connectivity index (χ4n) is 6.31. The average molecular weight is 690 g/mol. The summed E-state index contributed by atoms with van der Waals surface area (Å²) in [4.78, 5) is 10.2. The molecule has 4 heterocycles. The maximum absolute atomic E-state index is 5.11. The van der Waals surface area contributed by atoms with Crippen molar-refractivity contribution in [3.8, 4) is 11.6 Å². The number of rotatable bonds is 8. The van der Waals surface area contributed by atoms with Crippen molar-refractivity contribution in [1.29, 1.82) is 0 Å². The molecule has 6 nitrogen and oxygen atoms in total. The fraction of sp³-hybridized carbons (Fsp3) is 0.484. The van der Waals surface area contributed by atoms with Gasteiger partial charge >= 0.3 is 0 Å². The summed E-state index contributed by atoms with van der Waals surface area (Å²) in [5.41, 5.74) is 4.11. The molecule has 0 N–H and O–H groups in total. The molecular formula is C31H38N6Pt. The molecule has 0 unspecified atom stereocenters. The average Bonchev–Trinajstić information content (AvgIpc) is 3.73. The number of nitrogens with zero attached hydrogens (tertiary/aromatic N) is 6. The van der Waals surface area contributed by atoms with Crippen LogP contribution in [0.1, 0.15) is 88.0 Å². The van der Waals surface area contributed by atoms with E-state index in [0.717, 1.165) is 47.7 Å². The van der Waals surface area contributed by atoms with Gasteiger partial charge in [0.25, 0.3) is 0 Å².